The van der Waals surface area contributed by atoms with Crippen LogP contribution >= 0.6 is 0 Å². The molecule has 46 heavy (non-hydrogen) atoms. The number of quaternary nitrogens is 2. The van der Waals surface area contributed by atoms with Crippen molar-refractivity contribution in [1.82, 2.24) is 0 Å². The summed E-state index contributed by atoms with van der Waals surface area (Å²) in [4.78, 5) is 30.9. The van der Waals surface area contributed by atoms with Gasteiger partial charge in [-0.2, -0.15) is 0 Å². The van der Waals surface area contributed by atoms with Crippen molar-refractivity contribution in [2.75, 3.05) is 78.9 Å². The van der Waals surface area contributed by atoms with Gasteiger partial charge < -0.3 is 28.7 Å². The molecule has 2 aliphatic rings. The molecule has 0 spiro atoms. The van der Waals surface area contributed by atoms with Crippen LogP contribution in [0.1, 0.15) is 85.9 Å². The molecule has 8 heteroatoms. The molecule has 0 saturated carbocycles. The fraction of sp³-hybridized carbons (Fsp3) is 0.632. The smallest absolute Gasteiger partial charge is 0.171 e. The molecular formula is C38H58N2O6+2. The molecule has 254 valence electrons. The first-order valence-electron chi connectivity index (χ1n) is 17.9. The van der Waals surface area contributed by atoms with Crippen LogP contribution in [-0.2, 0) is 9.47 Å². The predicted molar refractivity (Wildman–Crippen MR) is 181 cm³/mol. The van der Waals surface area contributed by atoms with Gasteiger partial charge in [-0.05, 0) is 74.2 Å². The van der Waals surface area contributed by atoms with Crippen molar-refractivity contribution in [1.29, 1.82) is 0 Å². The van der Waals surface area contributed by atoms with Gasteiger partial charge in [-0.15, -0.1) is 0 Å². The SMILES string of the molecule is CCCCCOc1ccc(C(=O)C(CCC(C[NH+]2CCOCC2)C(=O)c2ccc(OCCCCC)cc2)C[NH+]2CCOCC2)cc1. The van der Waals surface area contributed by atoms with Crippen LogP contribution < -0.4 is 19.3 Å². The van der Waals surface area contributed by atoms with Gasteiger partial charge in [-0.3, -0.25) is 9.59 Å². The van der Waals surface area contributed by atoms with E-state index in [0.29, 0.717) is 26.1 Å². The van der Waals surface area contributed by atoms with Crippen molar-refractivity contribution in [2.24, 2.45) is 11.8 Å². The molecule has 2 unspecified atom stereocenters. The van der Waals surface area contributed by atoms with E-state index in [1.807, 2.05) is 48.5 Å². The second-order valence-corrected chi connectivity index (χ2v) is 13.0. The molecule has 2 saturated heterocycles. The molecule has 0 aliphatic carbocycles. The summed E-state index contributed by atoms with van der Waals surface area (Å²) in [5, 5.41) is 0. The summed E-state index contributed by atoms with van der Waals surface area (Å²) in [6.45, 7) is 13.8. The molecule has 2 N–H and O–H groups in total. The Morgan fingerprint density at radius 1 is 0.609 bits per heavy atom. The van der Waals surface area contributed by atoms with Crippen LogP contribution in [0.5, 0.6) is 11.5 Å². The zero-order valence-electron chi connectivity index (χ0n) is 28.4. The molecule has 0 radical (unpaired) electrons. The summed E-state index contributed by atoms with van der Waals surface area (Å²) in [7, 11) is 0. The first kappa shape index (κ1) is 36.1. The second-order valence-electron chi connectivity index (χ2n) is 13.0. The fourth-order valence-corrected chi connectivity index (χ4v) is 6.47. The minimum atomic E-state index is -0.168. The number of hydrogen-bond acceptors (Lipinski definition) is 6. The summed E-state index contributed by atoms with van der Waals surface area (Å²) >= 11 is 0. The van der Waals surface area contributed by atoms with E-state index in [0.717, 1.165) is 127 Å². The standard InChI is InChI=1S/C38H56N2O6/c1-3-5-7-23-45-35-15-11-31(12-16-35)37(41)33(29-39-19-25-43-26-20-39)9-10-34(30-40-21-27-44-28-22-40)38(42)32-13-17-36(18-14-32)46-24-8-6-4-2/h11-18,33-34H,3-10,19-30H2,1-2H3/p+2. The van der Waals surface area contributed by atoms with E-state index in [1.165, 1.54) is 9.80 Å². The van der Waals surface area contributed by atoms with E-state index < -0.39 is 0 Å². The van der Waals surface area contributed by atoms with E-state index in [1.54, 1.807) is 0 Å². The molecule has 2 heterocycles. The van der Waals surface area contributed by atoms with E-state index >= 15 is 0 Å². The van der Waals surface area contributed by atoms with Gasteiger partial charge in [0, 0.05) is 11.1 Å². The van der Waals surface area contributed by atoms with Crippen molar-refractivity contribution < 1.29 is 38.3 Å². The predicted octanol–water partition coefficient (Wildman–Crippen LogP) is 3.73. The molecule has 0 bridgehead atoms. The van der Waals surface area contributed by atoms with Gasteiger partial charge >= 0.3 is 0 Å². The van der Waals surface area contributed by atoms with Crippen LogP contribution in [0, 0.1) is 11.8 Å². The number of Topliss-reactive ketones (excluding diaryl/α,β-unsaturated/α-hetero) is 2. The lowest BCUT2D eigenvalue weighted by Gasteiger charge is -2.29. The number of rotatable bonds is 21. The third kappa shape index (κ3) is 12.1. The Bertz CT molecular complexity index is 1050. The largest absolute Gasteiger partial charge is 0.494 e. The molecule has 2 fully saturated rings. The topological polar surface area (TPSA) is 79.9 Å². The van der Waals surface area contributed by atoms with Crippen LogP contribution in [0.2, 0.25) is 0 Å². The van der Waals surface area contributed by atoms with E-state index in [9.17, 15) is 9.59 Å². The number of benzene rings is 2. The Hall–Kier alpha value is -2.78. The first-order valence-corrected chi connectivity index (χ1v) is 17.9. The van der Waals surface area contributed by atoms with E-state index in [-0.39, 0.29) is 23.4 Å². The lowest BCUT2D eigenvalue weighted by atomic mass is 9.86. The second kappa shape index (κ2) is 20.5. The van der Waals surface area contributed by atoms with Gasteiger partial charge in [0.15, 0.2) is 11.6 Å². The normalized spacial score (nSPS) is 17.3. The first-order chi connectivity index (χ1) is 22.6. The highest BCUT2D eigenvalue weighted by molar-refractivity contribution is 5.99. The fourth-order valence-electron chi connectivity index (χ4n) is 6.47. The minimum absolute atomic E-state index is 0.158. The highest BCUT2D eigenvalue weighted by Crippen LogP contribution is 2.23. The maximum Gasteiger partial charge on any atom is 0.171 e. The number of carbonyl (C=O) groups is 2. The average molecular weight is 639 g/mol. The van der Waals surface area contributed by atoms with Gasteiger partial charge in [0.2, 0.25) is 0 Å². The number of ketones is 2. The van der Waals surface area contributed by atoms with Crippen LogP contribution in [-0.4, -0.2) is 90.5 Å². The summed E-state index contributed by atoms with van der Waals surface area (Å²) in [6, 6.07) is 15.3. The van der Waals surface area contributed by atoms with Crippen LogP contribution in [0.25, 0.3) is 0 Å². The van der Waals surface area contributed by atoms with Crippen molar-refractivity contribution >= 4 is 11.6 Å². The number of ether oxygens (including phenoxy) is 4. The van der Waals surface area contributed by atoms with Crippen molar-refractivity contribution in [3.05, 3.63) is 59.7 Å². The molecular weight excluding hydrogens is 580 g/mol. The highest BCUT2D eigenvalue weighted by atomic mass is 16.5. The molecule has 0 amide bonds. The van der Waals surface area contributed by atoms with Crippen LogP contribution in [0.4, 0.5) is 0 Å². The molecule has 0 aromatic heterocycles. The lowest BCUT2D eigenvalue weighted by Crippen LogP contribution is -3.15. The summed E-state index contributed by atoms with van der Waals surface area (Å²) in [5.41, 5.74) is 1.43. The zero-order valence-corrected chi connectivity index (χ0v) is 28.4. The Kier molecular flexibility index (Phi) is 16.0. The van der Waals surface area contributed by atoms with Crippen molar-refractivity contribution in [3.63, 3.8) is 0 Å². The van der Waals surface area contributed by atoms with Gasteiger partial charge in [0.25, 0.3) is 0 Å². The monoisotopic (exact) mass is 638 g/mol. The van der Waals surface area contributed by atoms with Crippen LogP contribution in [0.15, 0.2) is 48.5 Å². The van der Waals surface area contributed by atoms with Crippen molar-refractivity contribution in [3.8, 4) is 11.5 Å². The van der Waals surface area contributed by atoms with E-state index in [4.69, 9.17) is 18.9 Å². The molecule has 2 aliphatic heterocycles. The number of morpholine rings is 2. The molecule has 8 nitrogen and oxygen atoms in total. The third-order valence-corrected chi connectivity index (χ3v) is 9.39. The molecule has 4 rings (SSSR count). The number of hydrogen-bond donors (Lipinski definition) is 2. The Morgan fingerprint density at radius 2 is 0.978 bits per heavy atom. The summed E-state index contributed by atoms with van der Waals surface area (Å²) < 4.78 is 23.0. The van der Waals surface area contributed by atoms with Gasteiger partial charge in [0.1, 0.15) is 37.7 Å². The number of nitrogens with one attached hydrogen (secondary N) is 2. The maximum atomic E-state index is 14.0. The van der Waals surface area contributed by atoms with Crippen molar-refractivity contribution in [2.45, 2.75) is 65.2 Å². The highest BCUT2D eigenvalue weighted by Gasteiger charge is 2.32. The average Bonchev–Trinajstić information content (AvgIpc) is 3.10. The molecule has 2 aromatic carbocycles. The Labute approximate surface area is 276 Å². The minimum Gasteiger partial charge on any atom is -0.494 e. The molecule has 2 aromatic rings. The Balaban J connectivity index is 1.45. The third-order valence-electron chi connectivity index (χ3n) is 9.39. The van der Waals surface area contributed by atoms with E-state index in [2.05, 4.69) is 13.8 Å². The number of carbonyl (C=O) groups excluding carboxylic acids is 2. The maximum absolute atomic E-state index is 14.0. The summed E-state index contributed by atoms with van der Waals surface area (Å²) in [6.07, 6.45) is 8.03. The number of unbranched alkanes of at least 4 members (excludes halogenated alkanes) is 4. The van der Waals surface area contributed by atoms with Crippen LogP contribution in [0.3, 0.4) is 0 Å². The Morgan fingerprint density at radius 3 is 1.33 bits per heavy atom. The quantitative estimate of drug-likeness (QED) is 0.160. The molecule has 2 atom stereocenters. The lowest BCUT2D eigenvalue weighted by molar-refractivity contribution is -0.911. The summed E-state index contributed by atoms with van der Waals surface area (Å²) in [5.74, 6) is 1.59. The van der Waals surface area contributed by atoms with Gasteiger partial charge in [0.05, 0.1) is 64.6 Å². The zero-order chi connectivity index (χ0) is 32.4. The van der Waals surface area contributed by atoms with Gasteiger partial charge in [-0.1, -0.05) is 39.5 Å². The van der Waals surface area contributed by atoms with Gasteiger partial charge in [-0.25, -0.2) is 0 Å².